The van der Waals surface area contributed by atoms with Crippen molar-refractivity contribution >= 4 is 5.91 Å². The number of rotatable bonds is 7. The van der Waals surface area contributed by atoms with E-state index in [9.17, 15) is 4.79 Å². The number of amides is 1. The van der Waals surface area contributed by atoms with Crippen molar-refractivity contribution in [3.05, 3.63) is 65.7 Å². The molecule has 0 bridgehead atoms. The standard InChI is InChI=1S/C20H22N2O2/c1-15(2)11-19(17-8-4-3-5-9-17)22-20(23)14-24-18-10-6-7-16(12-18)13-21/h3-10,12,15,19H,11,14H2,1-2H3,(H,22,23)/t19-/m1/s1. The fourth-order valence-corrected chi connectivity index (χ4v) is 2.48. The molecule has 124 valence electrons. The molecule has 4 nitrogen and oxygen atoms in total. The van der Waals surface area contributed by atoms with E-state index < -0.39 is 0 Å². The first kappa shape index (κ1) is 17.6. The fourth-order valence-electron chi connectivity index (χ4n) is 2.48. The molecule has 4 heteroatoms. The van der Waals surface area contributed by atoms with Gasteiger partial charge >= 0.3 is 0 Å². The SMILES string of the molecule is CC(C)C[C@@H](NC(=O)COc1cccc(C#N)c1)c1ccccc1. The quantitative estimate of drug-likeness (QED) is 0.842. The Hall–Kier alpha value is -2.80. The van der Waals surface area contributed by atoms with Gasteiger partial charge in [-0.1, -0.05) is 50.2 Å². The van der Waals surface area contributed by atoms with Crippen molar-refractivity contribution in [2.45, 2.75) is 26.3 Å². The molecule has 0 aromatic heterocycles. The molecule has 2 aromatic carbocycles. The predicted octanol–water partition coefficient (Wildman–Crippen LogP) is 3.84. The first-order valence-electron chi connectivity index (χ1n) is 8.05. The van der Waals surface area contributed by atoms with Gasteiger partial charge in [0.1, 0.15) is 5.75 Å². The van der Waals surface area contributed by atoms with Crippen LogP contribution in [0.4, 0.5) is 0 Å². The van der Waals surface area contributed by atoms with Crippen LogP contribution in [0.15, 0.2) is 54.6 Å². The van der Waals surface area contributed by atoms with E-state index in [2.05, 4.69) is 19.2 Å². The molecule has 0 aliphatic rings. The summed E-state index contributed by atoms with van der Waals surface area (Å²) in [5, 5.41) is 11.9. The van der Waals surface area contributed by atoms with Gasteiger partial charge in [0.15, 0.2) is 6.61 Å². The number of carbonyl (C=O) groups excluding carboxylic acids is 1. The maximum absolute atomic E-state index is 12.2. The molecule has 0 aliphatic heterocycles. The predicted molar refractivity (Wildman–Crippen MR) is 93.4 cm³/mol. The van der Waals surface area contributed by atoms with E-state index in [0.717, 1.165) is 12.0 Å². The van der Waals surface area contributed by atoms with Gasteiger partial charge in [-0.2, -0.15) is 5.26 Å². The topological polar surface area (TPSA) is 62.1 Å². The molecule has 1 atom stereocenters. The molecule has 0 radical (unpaired) electrons. The second-order valence-corrected chi connectivity index (χ2v) is 6.09. The number of ether oxygens (including phenoxy) is 1. The average molecular weight is 322 g/mol. The number of nitriles is 1. The van der Waals surface area contributed by atoms with Gasteiger partial charge in [0, 0.05) is 0 Å². The molecule has 0 spiro atoms. The Balaban J connectivity index is 1.96. The van der Waals surface area contributed by atoms with Crippen LogP contribution in [-0.4, -0.2) is 12.5 Å². The average Bonchev–Trinajstić information content (AvgIpc) is 2.60. The van der Waals surface area contributed by atoms with Crippen LogP contribution in [-0.2, 0) is 4.79 Å². The minimum Gasteiger partial charge on any atom is -0.484 e. The third-order valence-electron chi connectivity index (χ3n) is 3.58. The Morgan fingerprint density at radius 1 is 1.17 bits per heavy atom. The van der Waals surface area contributed by atoms with Crippen LogP contribution in [0, 0.1) is 17.2 Å². The molecule has 2 aromatic rings. The molecule has 0 heterocycles. The van der Waals surface area contributed by atoms with E-state index in [1.165, 1.54) is 0 Å². The normalized spacial score (nSPS) is 11.6. The van der Waals surface area contributed by atoms with E-state index in [1.807, 2.05) is 36.4 Å². The first-order chi connectivity index (χ1) is 11.6. The smallest absolute Gasteiger partial charge is 0.258 e. The minimum absolute atomic E-state index is 0.0345. The lowest BCUT2D eigenvalue weighted by Gasteiger charge is -2.21. The van der Waals surface area contributed by atoms with Crippen molar-refractivity contribution < 1.29 is 9.53 Å². The summed E-state index contributed by atoms with van der Waals surface area (Å²) >= 11 is 0. The fraction of sp³-hybridized carbons (Fsp3) is 0.300. The molecule has 1 N–H and O–H groups in total. The molecule has 1 amide bonds. The number of nitrogens with zero attached hydrogens (tertiary/aromatic N) is 1. The highest BCUT2D eigenvalue weighted by Crippen LogP contribution is 2.21. The number of hydrogen-bond acceptors (Lipinski definition) is 3. The molecule has 24 heavy (non-hydrogen) atoms. The van der Waals surface area contributed by atoms with Gasteiger partial charge in [-0.05, 0) is 36.1 Å². The zero-order valence-electron chi connectivity index (χ0n) is 14.0. The number of benzene rings is 2. The summed E-state index contributed by atoms with van der Waals surface area (Å²) in [6.45, 7) is 4.19. The van der Waals surface area contributed by atoms with Crippen LogP contribution in [0.5, 0.6) is 5.75 Å². The van der Waals surface area contributed by atoms with Gasteiger partial charge in [0.05, 0.1) is 17.7 Å². The molecular weight excluding hydrogens is 300 g/mol. The summed E-state index contributed by atoms with van der Waals surface area (Å²) in [6.07, 6.45) is 0.861. The van der Waals surface area contributed by atoms with Gasteiger partial charge in [-0.25, -0.2) is 0 Å². The second kappa shape index (κ2) is 8.73. The summed E-state index contributed by atoms with van der Waals surface area (Å²) in [4.78, 5) is 12.2. The van der Waals surface area contributed by atoms with Crippen molar-refractivity contribution in [3.8, 4) is 11.8 Å². The lowest BCUT2D eigenvalue weighted by molar-refractivity contribution is -0.124. The number of nitrogens with one attached hydrogen (secondary N) is 1. The highest BCUT2D eigenvalue weighted by Gasteiger charge is 2.16. The summed E-state index contributed by atoms with van der Waals surface area (Å²) in [5.41, 5.74) is 1.60. The zero-order chi connectivity index (χ0) is 17.4. The molecule has 0 aliphatic carbocycles. The van der Waals surface area contributed by atoms with E-state index >= 15 is 0 Å². The van der Waals surface area contributed by atoms with Gasteiger partial charge in [-0.3, -0.25) is 4.79 Å². The van der Waals surface area contributed by atoms with Crippen LogP contribution < -0.4 is 10.1 Å². The van der Waals surface area contributed by atoms with Gasteiger partial charge in [0.25, 0.3) is 5.91 Å². The maximum atomic E-state index is 12.2. The van der Waals surface area contributed by atoms with Crippen LogP contribution in [0.3, 0.4) is 0 Å². The second-order valence-electron chi connectivity index (χ2n) is 6.09. The molecule has 0 fully saturated rings. The van der Waals surface area contributed by atoms with Crippen molar-refractivity contribution in [3.63, 3.8) is 0 Å². The molecule has 2 rings (SSSR count). The summed E-state index contributed by atoms with van der Waals surface area (Å²) in [7, 11) is 0. The lowest BCUT2D eigenvalue weighted by atomic mass is 9.97. The van der Waals surface area contributed by atoms with E-state index in [0.29, 0.717) is 17.2 Å². The largest absolute Gasteiger partial charge is 0.484 e. The van der Waals surface area contributed by atoms with Crippen LogP contribution in [0.1, 0.15) is 37.4 Å². The highest BCUT2D eigenvalue weighted by atomic mass is 16.5. The lowest BCUT2D eigenvalue weighted by Crippen LogP contribution is -2.33. The third-order valence-corrected chi connectivity index (χ3v) is 3.58. The minimum atomic E-state index is -0.174. The monoisotopic (exact) mass is 322 g/mol. The molecule has 0 unspecified atom stereocenters. The van der Waals surface area contributed by atoms with E-state index in [1.54, 1.807) is 24.3 Å². The van der Waals surface area contributed by atoms with Crippen LogP contribution in [0.2, 0.25) is 0 Å². The van der Waals surface area contributed by atoms with E-state index in [4.69, 9.17) is 10.00 Å². The Morgan fingerprint density at radius 3 is 2.58 bits per heavy atom. The van der Waals surface area contributed by atoms with Crippen molar-refractivity contribution in [2.24, 2.45) is 5.92 Å². The van der Waals surface area contributed by atoms with Gasteiger partial charge in [-0.15, -0.1) is 0 Å². The molecular formula is C20H22N2O2. The van der Waals surface area contributed by atoms with Crippen LogP contribution >= 0.6 is 0 Å². The van der Waals surface area contributed by atoms with Gasteiger partial charge < -0.3 is 10.1 Å². The van der Waals surface area contributed by atoms with Gasteiger partial charge in [0.2, 0.25) is 0 Å². The Morgan fingerprint density at radius 2 is 1.92 bits per heavy atom. The highest BCUT2D eigenvalue weighted by molar-refractivity contribution is 5.78. The molecule has 0 saturated heterocycles. The summed E-state index contributed by atoms with van der Waals surface area (Å²) in [5.74, 6) is 0.805. The maximum Gasteiger partial charge on any atom is 0.258 e. The number of hydrogen-bond donors (Lipinski definition) is 1. The Labute approximate surface area is 143 Å². The summed E-state index contributed by atoms with van der Waals surface area (Å²) < 4.78 is 5.49. The molecule has 0 saturated carbocycles. The zero-order valence-corrected chi connectivity index (χ0v) is 14.0. The Bertz CT molecular complexity index is 705. The third kappa shape index (κ3) is 5.44. The van der Waals surface area contributed by atoms with Crippen molar-refractivity contribution in [2.75, 3.05) is 6.61 Å². The van der Waals surface area contributed by atoms with Crippen LogP contribution in [0.25, 0.3) is 0 Å². The summed E-state index contributed by atoms with van der Waals surface area (Å²) in [6, 6.07) is 18.7. The first-order valence-corrected chi connectivity index (χ1v) is 8.05. The van der Waals surface area contributed by atoms with Crippen molar-refractivity contribution in [1.29, 1.82) is 5.26 Å². The van der Waals surface area contributed by atoms with E-state index in [-0.39, 0.29) is 18.6 Å². The van der Waals surface area contributed by atoms with Crippen molar-refractivity contribution in [1.82, 2.24) is 5.32 Å². The Kier molecular flexibility index (Phi) is 6.39. The number of carbonyl (C=O) groups is 1.